The molecule has 0 aliphatic heterocycles. The first-order valence-electron chi connectivity index (χ1n) is 6.93. The van der Waals surface area contributed by atoms with Crippen LogP contribution >= 0.6 is 11.3 Å². The van der Waals surface area contributed by atoms with Crippen molar-refractivity contribution in [3.63, 3.8) is 0 Å². The molecule has 4 unspecified atom stereocenters. The van der Waals surface area contributed by atoms with Crippen LogP contribution in [0.2, 0.25) is 0 Å². The van der Waals surface area contributed by atoms with Crippen LogP contribution in [0.25, 0.3) is 0 Å². The summed E-state index contributed by atoms with van der Waals surface area (Å²) in [6.45, 7) is 7.13. The summed E-state index contributed by atoms with van der Waals surface area (Å²) in [5.41, 5.74) is 0. The summed E-state index contributed by atoms with van der Waals surface area (Å²) >= 11 is 1.87. The van der Waals surface area contributed by atoms with E-state index in [4.69, 9.17) is 0 Å². The molecule has 17 heavy (non-hydrogen) atoms. The molecule has 1 aromatic heterocycles. The van der Waals surface area contributed by atoms with E-state index in [1.807, 2.05) is 11.3 Å². The van der Waals surface area contributed by atoms with Crippen molar-refractivity contribution >= 4 is 11.3 Å². The van der Waals surface area contributed by atoms with Crippen LogP contribution in [-0.2, 0) is 6.42 Å². The number of hydrogen-bond acceptors (Lipinski definition) is 2. The lowest BCUT2D eigenvalue weighted by atomic mass is 9.79. The summed E-state index contributed by atoms with van der Waals surface area (Å²) in [5, 5.41) is 5.99. The van der Waals surface area contributed by atoms with Gasteiger partial charge in [-0.15, -0.1) is 11.3 Å². The Morgan fingerprint density at radius 2 is 2.18 bits per heavy atom. The average Bonchev–Trinajstić information content (AvgIpc) is 2.76. The molecule has 0 amide bonds. The van der Waals surface area contributed by atoms with Gasteiger partial charge in [0, 0.05) is 17.0 Å². The largest absolute Gasteiger partial charge is 0.311 e. The van der Waals surface area contributed by atoms with Gasteiger partial charge in [0.15, 0.2) is 0 Å². The van der Waals surface area contributed by atoms with Gasteiger partial charge in [0.2, 0.25) is 0 Å². The van der Waals surface area contributed by atoms with E-state index in [2.05, 4.69) is 43.6 Å². The smallest absolute Gasteiger partial charge is 0.00896 e. The molecular formula is C15H25NS. The van der Waals surface area contributed by atoms with Gasteiger partial charge in [-0.3, -0.25) is 0 Å². The van der Waals surface area contributed by atoms with Crippen LogP contribution in [0.3, 0.4) is 0 Å². The van der Waals surface area contributed by atoms with Crippen molar-refractivity contribution < 1.29 is 0 Å². The number of nitrogens with one attached hydrogen (secondary N) is 1. The highest BCUT2D eigenvalue weighted by Crippen LogP contribution is 2.29. The van der Waals surface area contributed by atoms with Gasteiger partial charge >= 0.3 is 0 Å². The zero-order chi connectivity index (χ0) is 12.3. The normalized spacial score (nSPS) is 31.4. The monoisotopic (exact) mass is 251 g/mol. The Bertz CT molecular complexity index is 320. The van der Waals surface area contributed by atoms with Gasteiger partial charge in [0.1, 0.15) is 0 Å². The lowest BCUT2D eigenvalue weighted by Gasteiger charge is -2.34. The summed E-state index contributed by atoms with van der Waals surface area (Å²) in [4.78, 5) is 1.50. The van der Waals surface area contributed by atoms with Crippen molar-refractivity contribution in [2.45, 2.75) is 58.5 Å². The third-order valence-electron chi connectivity index (χ3n) is 4.21. The van der Waals surface area contributed by atoms with E-state index < -0.39 is 0 Å². The van der Waals surface area contributed by atoms with Gasteiger partial charge in [-0.2, -0.15) is 0 Å². The average molecular weight is 251 g/mol. The van der Waals surface area contributed by atoms with Crippen LogP contribution < -0.4 is 5.32 Å². The molecule has 1 saturated carbocycles. The Kier molecular flexibility index (Phi) is 4.63. The first kappa shape index (κ1) is 13.1. The zero-order valence-electron chi connectivity index (χ0n) is 11.3. The van der Waals surface area contributed by atoms with Crippen LogP contribution in [0.4, 0.5) is 0 Å². The highest BCUT2D eigenvalue weighted by molar-refractivity contribution is 7.09. The minimum absolute atomic E-state index is 0.610. The molecule has 1 heterocycles. The summed E-state index contributed by atoms with van der Waals surface area (Å²) < 4.78 is 0. The maximum absolute atomic E-state index is 3.81. The molecule has 0 aromatic carbocycles. The second kappa shape index (κ2) is 6.01. The molecule has 1 aliphatic rings. The fourth-order valence-corrected chi connectivity index (χ4v) is 3.73. The highest BCUT2D eigenvalue weighted by atomic mass is 32.1. The van der Waals surface area contributed by atoms with Gasteiger partial charge in [-0.25, -0.2) is 0 Å². The molecule has 1 aromatic rings. The van der Waals surface area contributed by atoms with Crippen molar-refractivity contribution in [2.75, 3.05) is 0 Å². The van der Waals surface area contributed by atoms with E-state index in [-0.39, 0.29) is 0 Å². The van der Waals surface area contributed by atoms with Crippen molar-refractivity contribution in [3.8, 4) is 0 Å². The molecule has 96 valence electrons. The Balaban J connectivity index is 1.77. The van der Waals surface area contributed by atoms with Gasteiger partial charge < -0.3 is 5.32 Å². The highest BCUT2D eigenvalue weighted by Gasteiger charge is 2.25. The fourth-order valence-electron chi connectivity index (χ4n) is 2.89. The predicted octanol–water partition coefficient (Wildman–Crippen LogP) is 4.09. The lowest BCUT2D eigenvalue weighted by molar-refractivity contribution is 0.217. The van der Waals surface area contributed by atoms with Gasteiger partial charge in [0.05, 0.1) is 0 Å². The molecule has 1 nitrogen and oxygen atoms in total. The van der Waals surface area contributed by atoms with Crippen LogP contribution in [0.1, 0.15) is 44.9 Å². The van der Waals surface area contributed by atoms with E-state index in [1.54, 1.807) is 0 Å². The van der Waals surface area contributed by atoms with Gasteiger partial charge in [-0.1, -0.05) is 19.9 Å². The summed E-state index contributed by atoms with van der Waals surface area (Å²) in [5.74, 6) is 1.80. The van der Waals surface area contributed by atoms with Crippen LogP contribution in [-0.4, -0.2) is 12.1 Å². The SMILES string of the molecule is CC(Cc1cccs1)NC1CCC(C)C(C)C1. The molecule has 0 bridgehead atoms. The van der Waals surface area contributed by atoms with Crippen molar-refractivity contribution in [1.29, 1.82) is 0 Å². The standard InChI is InChI=1S/C15H25NS/c1-11-6-7-14(9-12(11)2)16-13(3)10-15-5-4-8-17-15/h4-5,8,11-14,16H,6-7,9-10H2,1-3H3. The number of hydrogen-bond donors (Lipinski definition) is 1. The zero-order valence-corrected chi connectivity index (χ0v) is 12.1. The molecule has 1 aliphatic carbocycles. The maximum Gasteiger partial charge on any atom is 0.00896 e. The molecule has 0 spiro atoms. The maximum atomic E-state index is 3.81. The second-order valence-corrected chi connectivity index (χ2v) is 6.85. The lowest BCUT2D eigenvalue weighted by Crippen LogP contribution is -2.41. The minimum Gasteiger partial charge on any atom is -0.311 e. The van der Waals surface area contributed by atoms with Crippen LogP contribution in [0.15, 0.2) is 17.5 Å². The third kappa shape index (κ3) is 3.82. The van der Waals surface area contributed by atoms with Crippen molar-refractivity contribution in [3.05, 3.63) is 22.4 Å². The Labute approximate surface area is 110 Å². The molecule has 0 radical (unpaired) electrons. The molecule has 1 N–H and O–H groups in total. The first-order valence-corrected chi connectivity index (χ1v) is 7.81. The minimum atomic E-state index is 0.610. The summed E-state index contributed by atoms with van der Waals surface area (Å²) in [6, 6.07) is 5.75. The third-order valence-corrected chi connectivity index (χ3v) is 5.10. The van der Waals surface area contributed by atoms with Crippen molar-refractivity contribution in [1.82, 2.24) is 5.32 Å². The second-order valence-electron chi connectivity index (χ2n) is 5.82. The van der Waals surface area contributed by atoms with E-state index in [1.165, 1.54) is 30.6 Å². The van der Waals surface area contributed by atoms with Gasteiger partial charge in [0.25, 0.3) is 0 Å². The first-order chi connectivity index (χ1) is 8.15. The molecule has 2 heteroatoms. The Morgan fingerprint density at radius 1 is 1.35 bits per heavy atom. The van der Waals surface area contributed by atoms with E-state index in [0.717, 1.165) is 17.9 Å². The van der Waals surface area contributed by atoms with E-state index in [0.29, 0.717) is 6.04 Å². The quantitative estimate of drug-likeness (QED) is 0.850. The summed E-state index contributed by atoms with van der Waals surface area (Å²) in [6.07, 6.45) is 5.29. The molecule has 4 atom stereocenters. The summed E-state index contributed by atoms with van der Waals surface area (Å²) in [7, 11) is 0. The Hall–Kier alpha value is -0.340. The number of thiophene rings is 1. The molecular weight excluding hydrogens is 226 g/mol. The number of rotatable bonds is 4. The van der Waals surface area contributed by atoms with E-state index in [9.17, 15) is 0 Å². The topological polar surface area (TPSA) is 12.0 Å². The predicted molar refractivity (Wildman–Crippen MR) is 76.6 cm³/mol. The van der Waals surface area contributed by atoms with Crippen LogP contribution in [0, 0.1) is 11.8 Å². The fraction of sp³-hybridized carbons (Fsp3) is 0.733. The molecule has 0 saturated heterocycles. The van der Waals surface area contributed by atoms with Crippen LogP contribution in [0.5, 0.6) is 0 Å². The Morgan fingerprint density at radius 3 is 2.82 bits per heavy atom. The molecule has 1 fully saturated rings. The van der Waals surface area contributed by atoms with Gasteiger partial charge in [-0.05, 0) is 55.9 Å². The molecule has 2 rings (SSSR count). The van der Waals surface area contributed by atoms with Crippen molar-refractivity contribution in [2.24, 2.45) is 11.8 Å². The van der Waals surface area contributed by atoms with E-state index >= 15 is 0 Å².